The second-order valence-corrected chi connectivity index (χ2v) is 7.57. The zero-order valence-corrected chi connectivity index (χ0v) is 16.3. The highest BCUT2D eigenvalue weighted by molar-refractivity contribution is 7.98. The average Bonchev–Trinajstić information content (AvgIpc) is 3.18. The summed E-state index contributed by atoms with van der Waals surface area (Å²) >= 11 is 1.61. The third kappa shape index (κ3) is 4.73. The van der Waals surface area contributed by atoms with Crippen LogP contribution in [0.1, 0.15) is 37.7 Å². The van der Waals surface area contributed by atoms with Gasteiger partial charge in [-0.15, -0.1) is 11.8 Å². The van der Waals surface area contributed by atoms with Crippen LogP contribution in [-0.4, -0.2) is 22.6 Å². The quantitative estimate of drug-likeness (QED) is 0.519. The molecule has 4 rings (SSSR count). The van der Waals surface area contributed by atoms with Crippen molar-refractivity contribution in [1.29, 1.82) is 0 Å². The molecule has 1 aliphatic heterocycles. The van der Waals surface area contributed by atoms with E-state index in [1.807, 2.05) is 18.5 Å². The maximum absolute atomic E-state index is 12.2. The Balaban J connectivity index is 0.000000197. The summed E-state index contributed by atoms with van der Waals surface area (Å²) in [6.07, 6.45) is 11.6. The summed E-state index contributed by atoms with van der Waals surface area (Å²) in [5, 5.41) is 1.54. The van der Waals surface area contributed by atoms with Gasteiger partial charge in [0.15, 0.2) is 0 Å². The number of nitrogens with zero attached hydrogens (tertiary/aromatic N) is 2. The Bertz CT molecular complexity index is 806. The first-order valence-corrected chi connectivity index (χ1v) is 10.4. The molecule has 0 spiro atoms. The fourth-order valence-electron chi connectivity index (χ4n) is 3.46. The van der Waals surface area contributed by atoms with Crippen molar-refractivity contribution in [3.05, 3.63) is 53.6 Å². The monoisotopic (exact) mass is 387 g/mol. The molecule has 2 aliphatic rings. The van der Waals surface area contributed by atoms with Crippen molar-refractivity contribution < 1.29 is 4.39 Å². The number of H-pyrrole nitrogens is 1. The Morgan fingerprint density at radius 2 is 1.89 bits per heavy atom. The van der Waals surface area contributed by atoms with Crippen molar-refractivity contribution >= 4 is 29.6 Å². The molecular formula is C20H26FN5S. The van der Waals surface area contributed by atoms with Crippen LogP contribution in [0.15, 0.2) is 52.1 Å². The van der Waals surface area contributed by atoms with Gasteiger partial charge in [0.05, 0.1) is 5.70 Å². The lowest BCUT2D eigenvalue weighted by molar-refractivity contribution is 0.397. The van der Waals surface area contributed by atoms with Gasteiger partial charge in [-0.3, -0.25) is 5.01 Å². The first-order valence-electron chi connectivity index (χ1n) is 9.15. The molecule has 0 bridgehead atoms. The Kier molecular flexibility index (Phi) is 6.58. The van der Waals surface area contributed by atoms with Gasteiger partial charge in [0.2, 0.25) is 0 Å². The van der Waals surface area contributed by atoms with Gasteiger partial charge in [0.25, 0.3) is 0 Å². The molecule has 2 aromatic rings. The number of nitrogens with two attached hydrogens (primary N) is 2. The van der Waals surface area contributed by atoms with E-state index in [1.54, 1.807) is 35.2 Å². The minimum absolute atomic E-state index is 0.173. The van der Waals surface area contributed by atoms with Gasteiger partial charge in [0, 0.05) is 28.3 Å². The number of hydrogen-bond acceptors (Lipinski definition) is 5. The highest BCUT2D eigenvalue weighted by Gasteiger charge is 2.25. The van der Waals surface area contributed by atoms with Crippen LogP contribution in [0.25, 0.3) is 5.70 Å². The number of halogens is 1. The van der Waals surface area contributed by atoms with Crippen LogP contribution in [0.3, 0.4) is 0 Å². The Labute approximate surface area is 163 Å². The second-order valence-electron chi connectivity index (χ2n) is 6.69. The van der Waals surface area contributed by atoms with Crippen molar-refractivity contribution in [2.24, 2.45) is 22.5 Å². The zero-order chi connectivity index (χ0) is 19.2. The van der Waals surface area contributed by atoms with Crippen molar-refractivity contribution in [3.63, 3.8) is 0 Å². The van der Waals surface area contributed by atoms with Gasteiger partial charge >= 0.3 is 0 Å². The fourth-order valence-corrected chi connectivity index (χ4v) is 3.87. The van der Waals surface area contributed by atoms with Gasteiger partial charge in [-0.05, 0) is 49.4 Å². The van der Waals surface area contributed by atoms with Crippen LogP contribution < -0.4 is 11.6 Å². The smallest absolute Gasteiger partial charge is 0.141 e. The van der Waals surface area contributed by atoms with Gasteiger partial charge in [-0.2, -0.15) is 0 Å². The lowest BCUT2D eigenvalue weighted by Gasteiger charge is -2.28. The number of fused-ring (bicyclic) bond motifs is 1. The van der Waals surface area contributed by atoms with Crippen LogP contribution in [-0.2, 0) is 0 Å². The summed E-state index contributed by atoms with van der Waals surface area (Å²) in [5.74, 6) is 7.11. The zero-order valence-electron chi connectivity index (χ0n) is 15.5. The van der Waals surface area contributed by atoms with Crippen LogP contribution >= 0.6 is 11.8 Å². The van der Waals surface area contributed by atoms with Crippen LogP contribution in [0, 0.1) is 11.7 Å². The van der Waals surface area contributed by atoms with Gasteiger partial charge in [0.1, 0.15) is 18.0 Å². The number of benzene rings is 1. The van der Waals surface area contributed by atoms with Crippen molar-refractivity contribution in [3.8, 4) is 0 Å². The Morgan fingerprint density at radius 3 is 2.56 bits per heavy atom. The summed E-state index contributed by atoms with van der Waals surface area (Å²) in [7, 11) is 0. The third-order valence-electron chi connectivity index (χ3n) is 4.92. The predicted octanol–water partition coefficient (Wildman–Crippen LogP) is 4.62. The lowest BCUT2D eigenvalue weighted by Crippen LogP contribution is -2.33. The number of aromatic nitrogens is 1. The van der Waals surface area contributed by atoms with Gasteiger partial charge in [-0.1, -0.05) is 19.3 Å². The van der Waals surface area contributed by atoms with E-state index in [1.165, 1.54) is 44.2 Å². The molecule has 0 amide bonds. The molecule has 5 N–H and O–H groups in total. The fraction of sp³-hybridized carbons (Fsp3) is 0.350. The van der Waals surface area contributed by atoms with Crippen molar-refractivity contribution in [2.75, 3.05) is 6.26 Å². The number of thioether (sulfide) groups is 1. The molecule has 144 valence electrons. The largest absolute Gasteiger partial charge is 0.400 e. The summed E-state index contributed by atoms with van der Waals surface area (Å²) in [6, 6.07) is 8.44. The van der Waals surface area contributed by atoms with E-state index in [4.69, 9.17) is 11.6 Å². The van der Waals surface area contributed by atoms with Crippen LogP contribution in [0.4, 0.5) is 10.2 Å². The molecular weight excluding hydrogens is 361 g/mol. The summed E-state index contributed by atoms with van der Waals surface area (Å²) in [4.78, 5) is 8.43. The Morgan fingerprint density at radius 1 is 1.19 bits per heavy atom. The van der Waals surface area contributed by atoms with E-state index in [9.17, 15) is 4.39 Å². The minimum atomic E-state index is -0.173. The van der Waals surface area contributed by atoms with Gasteiger partial charge < -0.3 is 10.7 Å². The lowest BCUT2D eigenvalue weighted by atomic mass is 9.85. The standard InChI is InChI=1S/C13H19N5.C7H7FS/c14-11(9-4-2-1-3-5-9)12-10-6-7-16-13(10)17-8-18(12)15;1-9-7-4-2-6(8)3-5-7/h6-9,16H,1-5,14-15H2;2-5H,1H3/b12-11-;. The molecule has 27 heavy (non-hydrogen) atoms. The molecule has 1 aliphatic carbocycles. The number of hydrogen-bond donors (Lipinski definition) is 3. The van der Waals surface area contributed by atoms with E-state index in [-0.39, 0.29) is 5.82 Å². The van der Waals surface area contributed by atoms with E-state index in [0.717, 1.165) is 27.7 Å². The average molecular weight is 388 g/mol. The molecule has 2 heterocycles. The van der Waals surface area contributed by atoms with Crippen LogP contribution in [0.2, 0.25) is 0 Å². The topological polar surface area (TPSA) is 83.4 Å². The van der Waals surface area contributed by atoms with Crippen molar-refractivity contribution in [2.45, 2.75) is 37.0 Å². The third-order valence-corrected chi connectivity index (χ3v) is 5.66. The maximum atomic E-state index is 12.2. The molecule has 1 saturated carbocycles. The van der Waals surface area contributed by atoms with E-state index < -0.39 is 0 Å². The number of nitrogens with one attached hydrogen (secondary N) is 1. The molecule has 0 radical (unpaired) electrons. The first kappa shape index (κ1) is 19.5. The maximum Gasteiger partial charge on any atom is 0.141 e. The normalized spacial score (nSPS) is 18.6. The SMILES string of the molecule is CSc1ccc(F)cc1.N/C(=C1/c2cc[nH]c2N=CN1N)C1CCCCC1. The minimum Gasteiger partial charge on any atom is -0.400 e. The molecule has 0 saturated heterocycles. The summed E-state index contributed by atoms with van der Waals surface area (Å²) in [5.41, 5.74) is 9.19. The number of aromatic amines is 1. The number of aliphatic imine (C=N–C) groups is 1. The number of rotatable bonds is 2. The number of allylic oxidation sites excluding steroid dienone is 1. The first-order chi connectivity index (χ1) is 13.1. The molecule has 0 atom stereocenters. The molecule has 1 aromatic carbocycles. The summed E-state index contributed by atoms with van der Waals surface area (Å²) < 4.78 is 12.2. The summed E-state index contributed by atoms with van der Waals surface area (Å²) in [6.45, 7) is 0. The van der Waals surface area contributed by atoms with Crippen molar-refractivity contribution in [1.82, 2.24) is 9.99 Å². The van der Waals surface area contributed by atoms with E-state index in [0.29, 0.717) is 5.92 Å². The Hall–Kier alpha value is -2.25. The molecule has 0 unspecified atom stereocenters. The highest BCUT2D eigenvalue weighted by Crippen LogP contribution is 2.36. The van der Waals surface area contributed by atoms with Gasteiger partial charge in [-0.25, -0.2) is 15.2 Å². The van der Waals surface area contributed by atoms with Crippen LogP contribution in [0.5, 0.6) is 0 Å². The molecule has 1 fully saturated rings. The second kappa shape index (κ2) is 9.10. The molecule has 7 heteroatoms. The predicted molar refractivity (Wildman–Crippen MR) is 111 cm³/mol. The number of hydrazine groups is 1. The van der Waals surface area contributed by atoms with E-state index in [2.05, 4.69) is 9.98 Å². The molecule has 1 aromatic heterocycles. The van der Waals surface area contributed by atoms with E-state index >= 15 is 0 Å². The molecule has 5 nitrogen and oxygen atoms in total. The highest BCUT2D eigenvalue weighted by atomic mass is 32.2.